The summed E-state index contributed by atoms with van der Waals surface area (Å²) in [5, 5.41) is 3.72. The number of fused-ring (bicyclic) bond motifs is 2. The van der Waals surface area contributed by atoms with Gasteiger partial charge in [-0.1, -0.05) is 13.8 Å². The van der Waals surface area contributed by atoms with Crippen LogP contribution in [0.25, 0.3) is 0 Å². The van der Waals surface area contributed by atoms with Gasteiger partial charge in [-0.15, -0.1) is 0 Å². The van der Waals surface area contributed by atoms with Crippen LogP contribution in [0.5, 0.6) is 0 Å². The van der Waals surface area contributed by atoms with Crippen molar-refractivity contribution in [2.45, 2.75) is 70.5 Å². The van der Waals surface area contributed by atoms with Crippen molar-refractivity contribution in [3.63, 3.8) is 0 Å². The lowest BCUT2D eigenvalue weighted by molar-refractivity contribution is 0.289. The zero-order valence-electron chi connectivity index (χ0n) is 11.1. The summed E-state index contributed by atoms with van der Waals surface area (Å²) in [5.74, 6) is 1.80. The number of aryl methyl sites for hydroxylation is 1. The third-order valence-electron chi connectivity index (χ3n) is 4.34. The van der Waals surface area contributed by atoms with Crippen molar-refractivity contribution in [2.24, 2.45) is 0 Å². The van der Waals surface area contributed by atoms with Crippen molar-refractivity contribution in [3.8, 4) is 0 Å². The van der Waals surface area contributed by atoms with Crippen LogP contribution in [0.2, 0.25) is 0 Å². The molecule has 0 saturated carbocycles. The predicted octanol–water partition coefficient (Wildman–Crippen LogP) is 2.77. The molecule has 3 heteroatoms. The van der Waals surface area contributed by atoms with Crippen molar-refractivity contribution in [1.82, 2.24) is 14.9 Å². The van der Waals surface area contributed by atoms with Gasteiger partial charge in [0.15, 0.2) is 0 Å². The number of rotatable bonds is 2. The minimum Gasteiger partial charge on any atom is -0.329 e. The summed E-state index contributed by atoms with van der Waals surface area (Å²) >= 11 is 0. The van der Waals surface area contributed by atoms with Gasteiger partial charge in [0.25, 0.3) is 0 Å². The summed E-state index contributed by atoms with van der Waals surface area (Å²) < 4.78 is 2.51. The lowest BCUT2D eigenvalue weighted by Crippen LogP contribution is -2.39. The third kappa shape index (κ3) is 1.90. The van der Waals surface area contributed by atoms with Gasteiger partial charge in [-0.3, -0.25) is 0 Å². The number of nitrogens with zero attached hydrogens (tertiary/aromatic N) is 2. The molecule has 0 aliphatic carbocycles. The monoisotopic (exact) mass is 233 g/mol. The molecule has 2 atom stereocenters. The molecule has 17 heavy (non-hydrogen) atoms. The molecule has 2 bridgehead atoms. The van der Waals surface area contributed by atoms with E-state index >= 15 is 0 Å². The molecule has 3 rings (SSSR count). The Kier molecular flexibility index (Phi) is 2.74. The van der Waals surface area contributed by atoms with E-state index in [1.807, 2.05) is 6.20 Å². The second kappa shape index (κ2) is 4.13. The minimum atomic E-state index is 0.524. The van der Waals surface area contributed by atoms with Gasteiger partial charge >= 0.3 is 0 Å². The summed E-state index contributed by atoms with van der Waals surface area (Å²) in [5.41, 5.74) is 1.33. The minimum absolute atomic E-state index is 0.524. The largest absolute Gasteiger partial charge is 0.329 e. The van der Waals surface area contributed by atoms with Gasteiger partial charge in [0, 0.05) is 35.9 Å². The number of hydrogen-bond donors (Lipinski definition) is 1. The maximum Gasteiger partial charge on any atom is 0.111 e. The Balaban J connectivity index is 1.91. The van der Waals surface area contributed by atoms with Crippen LogP contribution in [-0.4, -0.2) is 21.6 Å². The Morgan fingerprint density at radius 2 is 1.94 bits per heavy atom. The first-order valence-electron chi connectivity index (χ1n) is 6.95. The molecular weight excluding hydrogens is 210 g/mol. The summed E-state index contributed by atoms with van der Waals surface area (Å²) in [6.45, 7) is 6.69. The SMILES string of the molecule is Cc1cnc(C(C)C)n1C1CC2CCC(C1)N2. The van der Waals surface area contributed by atoms with Crippen molar-refractivity contribution in [1.29, 1.82) is 0 Å². The highest BCUT2D eigenvalue weighted by atomic mass is 15.1. The molecule has 2 aliphatic heterocycles. The highest BCUT2D eigenvalue weighted by molar-refractivity contribution is 5.10. The molecular formula is C14H23N3. The van der Waals surface area contributed by atoms with E-state index in [1.165, 1.54) is 37.2 Å². The molecule has 1 aromatic heterocycles. The normalized spacial score (nSPS) is 32.4. The zero-order valence-corrected chi connectivity index (χ0v) is 11.1. The third-order valence-corrected chi connectivity index (χ3v) is 4.34. The fraction of sp³-hybridized carbons (Fsp3) is 0.786. The molecule has 1 N–H and O–H groups in total. The number of hydrogen-bond acceptors (Lipinski definition) is 2. The Morgan fingerprint density at radius 3 is 2.53 bits per heavy atom. The average Bonchev–Trinajstić information content (AvgIpc) is 2.82. The number of aromatic nitrogens is 2. The van der Waals surface area contributed by atoms with Crippen LogP contribution >= 0.6 is 0 Å². The molecule has 2 aliphatic rings. The second-order valence-corrected chi connectivity index (χ2v) is 6.05. The lowest BCUT2D eigenvalue weighted by Gasteiger charge is -2.32. The average molecular weight is 233 g/mol. The highest BCUT2D eigenvalue weighted by Crippen LogP contribution is 2.36. The number of imidazole rings is 1. The number of nitrogens with one attached hydrogen (secondary N) is 1. The van der Waals surface area contributed by atoms with Gasteiger partial charge in [-0.2, -0.15) is 0 Å². The molecule has 2 unspecified atom stereocenters. The first-order valence-corrected chi connectivity index (χ1v) is 6.95. The molecule has 3 nitrogen and oxygen atoms in total. The molecule has 0 amide bonds. The van der Waals surface area contributed by atoms with Crippen molar-refractivity contribution >= 4 is 0 Å². The molecule has 2 fully saturated rings. The molecule has 3 heterocycles. The van der Waals surface area contributed by atoms with Crippen molar-refractivity contribution in [3.05, 3.63) is 17.7 Å². The summed E-state index contributed by atoms with van der Waals surface area (Å²) in [4.78, 5) is 4.60. The molecule has 2 saturated heterocycles. The maximum absolute atomic E-state index is 4.60. The Hall–Kier alpha value is -0.830. The van der Waals surface area contributed by atoms with Crippen molar-refractivity contribution in [2.75, 3.05) is 0 Å². The Morgan fingerprint density at radius 1 is 1.29 bits per heavy atom. The van der Waals surface area contributed by atoms with Gasteiger partial charge in [-0.05, 0) is 32.6 Å². The van der Waals surface area contributed by atoms with E-state index in [1.54, 1.807) is 0 Å². The van der Waals surface area contributed by atoms with E-state index in [2.05, 4.69) is 35.6 Å². The topological polar surface area (TPSA) is 29.9 Å². The zero-order chi connectivity index (χ0) is 12.0. The van der Waals surface area contributed by atoms with E-state index in [0.717, 1.165) is 12.1 Å². The van der Waals surface area contributed by atoms with Gasteiger partial charge in [0.1, 0.15) is 5.82 Å². The molecule has 0 spiro atoms. The van der Waals surface area contributed by atoms with E-state index < -0.39 is 0 Å². The van der Waals surface area contributed by atoms with Gasteiger partial charge in [-0.25, -0.2) is 4.98 Å². The quantitative estimate of drug-likeness (QED) is 0.851. The summed E-state index contributed by atoms with van der Waals surface area (Å²) in [6.07, 6.45) is 7.35. The number of piperidine rings is 1. The first kappa shape index (κ1) is 11.3. The fourth-order valence-electron chi connectivity index (χ4n) is 3.60. The Labute approximate surface area is 104 Å². The van der Waals surface area contributed by atoms with E-state index in [4.69, 9.17) is 0 Å². The summed E-state index contributed by atoms with van der Waals surface area (Å²) in [6, 6.07) is 2.18. The van der Waals surface area contributed by atoms with E-state index in [0.29, 0.717) is 12.0 Å². The van der Waals surface area contributed by atoms with Crippen LogP contribution in [0.1, 0.15) is 63.0 Å². The van der Waals surface area contributed by atoms with Crippen LogP contribution in [0.4, 0.5) is 0 Å². The van der Waals surface area contributed by atoms with Crippen LogP contribution in [0, 0.1) is 6.92 Å². The van der Waals surface area contributed by atoms with Crippen LogP contribution in [-0.2, 0) is 0 Å². The predicted molar refractivity (Wildman–Crippen MR) is 69.3 cm³/mol. The highest BCUT2D eigenvalue weighted by Gasteiger charge is 2.35. The van der Waals surface area contributed by atoms with Crippen molar-refractivity contribution < 1.29 is 0 Å². The van der Waals surface area contributed by atoms with Crippen LogP contribution in [0.15, 0.2) is 6.20 Å². The van der Waals surface area contributed by atoms with Gasteiger partial charge in [0.05, 0.1) is 0 Å². The molecule has 94 valence electrons. The van der Waals surface area contributed by atoms with Crippen LogP contribution in [0.3, 0.4) is 0 Å². The maximum atomic E-state index is 4.60. The van der Waals surface area contributed by atoms with Gasteiger partial charge in [0.2, 0.25) is 0 Å². The smallest absolute Gasteiger partial charge is 0.111 e. The van der Waals surface area contributed by atoms with Crippen LogP contribution < -0.4 is 5.32 Å². The molecule has 1 aromatic rings. The van der Waals surface area contributed by atoms with E-state index in [-0.39, 0.29) is 0 Å². The lowest BCUT2D eigenvalue weighted by atomic mass is 9.98. The van der Waals surface area contributed by atoms with Gasteiger partial charge < -0.3 is 9.88 Å². The standard InChI is InChI=1S/C14H23N3/c1-9(2)14-15-8-10(3)17(14)13-6-11-4-5-12(7-13)16-11/h8-9,11-13,16H,4-7H2,1-3H3. The van der Waals surface area contributed by atoms with E-state index in [9.17, 15) is 0 Å². The fourth-order valence-corrected chi connectivity index (χ4v) is 3.60. The molecule has 0 radical (unpaired) electrons. The molecule has 0 aromatic carbocycles. The Bertz CT molecular complexity index is 396. The summed E-state index contributed by atoms with van der Waals surface area (Å²) in [7, 11) is 0. The first-order chi connectivity index (χ1) is 8.15. The second-order valence-electron chi connectivity index (χ2n) is 6.05.